The van der Waals surface area contributed by atoms with Crippen LogP contribution in [0, 0.1) is 0 Å². The molecule has 0 aliphatic rings. The van der Waals surface area contributed by atoms with Crippen LogP contribution in [0.4, 0.5) is 0 Å². The van der Waals surface area contributed by atoms with Crippen LogP contribution in [0.1, 0.15) is 0 Å². The van der Waals surface area contributed by atoms with Gasteiger partial charge < -0.3 is 4.57 Å². The lowest BCUT2D eigenvalue weighted by atomic mass is 10.0. The lowest BCUT2D eigenvalue weighted by molar-refractivity contribution is 0.904. The highest BCUT2D eigenvalue weighted by atomic mass is 35.5. The van der Waals surface area contributed by atoms with Crippen LogP contribution in [-0.2, 0) is 7.05 Å². The molecule has 3 rings (SSSR count). The Hall–Kier alpha value is -2.03. The molecular formula is C18H13Cl2NO. The van der Waals surface area contributed by atoms with Crippen molar-refractivity contribution in [1.29, 1.82) is 0 Å². The summed E-state index contributed by atoms with van der Waals surface area (Å²) in [4.78, 5) is 12.9. The highest BCUT2D eigenvalue weighted by molar-refractivity contribution is 6.36. The van der Waals surface area contributed by atoms with E-state index in [9.17, 15) is 4.79 Å². The molecule has 0 aliphatic heterocycles. The summed E-state index contributed by atoms with van der Waals surface area (Å²) in [5.41, 5.74) is 2.73. The molecule has 0 bridgehead atoms. The summed E-state index contributed by atoms with van der Waals surface area (Å²) in [6, 6.07) is 14.7. The van der Waals surface area contributed by atoms with Crippen molar-refractivity contribution in [2.45, 2.75) is 0 Å². The average Bonchev–Trinajstić information content (AvgIpc) is 2.50. The smallest absolute Gasteiger partial charge is 0.197 e. The second-order valence-corrected chi connectivity index (χ2v) is 5.91. The van der Waals surface area contributed by atoms with E-state index in [0.29, 0.717) is 26.7 Å². The minimum absolute atomic E-state index is 0.0477. The maximum absolute atomic E-state index is 12.9. The van der Waals surface area contributed by atoms with Gasteiger partial charge in [0, 0.05) is 41.2 Å². The summed E-state index contributed by atoms with van der Waals surface area (Å²) < 4.78 is 1.87. The average molecular weight is 330 g/mol. The van der Waals surface area contributed by atoms with E-state index >= 15 is 0 Å². The molecule has 3 aromatic rings. The fourth-order valence-electron chi connectivity index (χ4n) is 2.43. The number of aromatic nitrogens is 1. The SMILES string of the molecule is Cn1cc(-c2ccccc2)c(=O)c(-c2ccc(Cl)cc2Cl)c1. The third-order valence-electron chi connectivity index (χ3n) is 3.46. The van der Waals surface area contributed by atoms with Crippen molar-refractivity contribution < 1.29 is 0 Å². The summed E-state index contributed by atoms with van der Waals surface area (Å²) >= 11 is 12.2. The molecule has 0 aliphatic carbocycles. The van der Waals surface area contributed by atoms with E-state index in [-0.39, 0.29) is 5.43 Å². The second kappa shape index (κ2) is 5.99. The predicted molar refractivity (Wildman–Crippen MR) is 92.6 cm³/mol. The van der Waals surface area contributed by atoms with E-state index < -0.39 is 0 Å². The number of halogens is 2. The van der Waals surface area contributed by atoms with E-state index in [0.717, 1.165) is 5.56 Å². The van der Waals surface area contributed by atoms with E-state index in [2.05, 4.69) is 0 Å². The van der Waals surface area contributed by atoms with Gasteiger partial charge in [0.15, 0.2) is 5.43 Å². The van der Waals surface area contributed by atoms with Crippen LogP contribution in [0.3, 0.4) is 0 Å². The fourth-order valence-corrected chi connectivity index (χ4v) is 2.94. The third-order valence-corrected chi connectivity index (χ3v) is 4.01. The van der Waals surface area contributed by atoms with Gasteiger partial charge in [-0.15, -0.1) is 0 Å². The molecule has 0 saturated carbocycles. The Morgan fingerprint density at radius 1 is 0.864 bits per heavy atom. The minimum atomic E-state index is -0.0477. The molecule has 2 nitrogen and oxygen atoms in total. The molecule has 2 aromatic carbocycles. The Balaban J connectivity index is 2.26. The molecule has 22 heavy (non-hydrogen) atoms. The van der Waals surface area contributed by atoms with Gasteiger partial charge in [0.2, 0.25) is 0 Å². The molecule has 0 atom stereocenters. The van der Waals surface area contributed by atoms with E-state index in [1.165, 1.54) is 0 Å². The van der Waals surface area contributed by atoms with Crippen molar-refractivity contribution in [3.05, 3.63) is 81.2 Å². The molecular weight excluding hydrogens is 317 g/mol. The molecule has 110 valence electrons. The van der Waals surface area contributed by atoms with Crippen LogP contribution in [0.25, 0.3) is 22.3 Å². The zero-order valence-electron chi connectivity index (χ0n) is 11.9. The van der Waals surface area contributed by atoms with Gasteiger partial charge in [-0.2, -0.15) is 0 Å². The highest BCUT2D eigenvalue weighted by Gasteiger charge is 2.13. The second-order valence-electron chi connectivity index (χ2n) is 5.07. The molecule has 0 saturated heterocycles. The number of hydrogen-bond acceptors (Lipinski definition) is 1. The van der Waals surface area contributed by atoms with E-state index in [1.807, 2.05) is 48.1 Å². The summed E-state index contributed by atoms with van der Waals surface area (Å²) in [5, 5.41) is 1.01. The van der Waals surface area contributed by atoms with Gasteiger partial charge in [-0.1, -0.05) is 59.6 Å². The largest absolute Gasteiger partial charge is 0.356 e. The molecule has 0 unspecified atom stereocenters. The Morgan fingerprint density at radius 2 is 1.55 bits per heavy atom. The summed E-state index contributed by atoms with van der Waals surface area (Å²) in [5.74, 6) is 0. The van der Waals surface area contributed by atoms with E-state index in [4.69, 9.17) is 23.2 Å². The van der Waals surface area contributed by atoms with Gasteiger partial charge in [-0.3, -0.25) is 4.79 Å². The van der Waals surface area contributed by atoms with Gasteiger partial charge >= 0.3 is 0 Å². The maximum Gasteiger partial charge on any atom is 0.197 e. The number of nitrogens with zero attached hydrogens (tertiary/aromatic N) is 1. The number of benzene rings is 2. The van der Waals surface area contributed by atoms with Crippen molar-refractivity contribution in [2.75, 3.05) is 0 Å². The molecule has 0 N–H and O–H groups in total. The zero-order chi connectivity index (χ0) is 15.7. The Labute approximate surface area is 138 Å². The van der Waals surface area contributed by atoms with Gasteiger partial charge in [-0.25, -0.2) is 0 Å². The van der Waals surface area contributed by atoms with Crippen LogP contribution >= 0.6 is 23.2 Å². The normalized spacial score (nSPS) is 10.7. The molecule has 1 heterocycles. The third kappa shape index (κ3) is 2.80. The first kappa shape index (κ1) is 14.9. The summed E-state index contributed by atoms with van der Waals surface area (Å²) in [6.45, 7) is 0. The van der Waals surface area contributed by atoms with Crippen molar-refractivity contribution in [3.63, 3.8) is 0 Å². The van der Waals surface area contributed by atoms with Crippen molar-refractivity contribution in [2.24, 2.45) is 7.05 Å². The molecule has 0 amide bonds. The highest BCUT2D eigenvalue weighted by Crippen LogP contribution is 2.29. The monoisotopic (exact) mass is 329 g/mol. The van der Waals surface area contributed by atoms with Crippen molar-refractivity contribution in [1.82, 2.24) is 4.57 Å². The predicted octanol–water partition coefficient (Wildman–Crippen LogP) is 5.03. The van der Waals surface area contributed by atoms with Crippen molar-refractivity contribution >= 4 is 23.2 Å². The first-order chi connectivity index (χ1) is 10.6. The lowest BCUT2D eigenvalue weighted by Crippen LogP contribution is -2.11. The van der Waals surface area contributed by atoms with Gasteiger partial charge in [0.1, 0.15) is 0 Å². The Morgan fingerprint density at radius 3 is 2.23 bits per heavy atom. The number of rotatable bonds is 2. The van der Waals surface area contributed by atoms with Crippen LogP contribution in [0.5, 0.6) is 0 Å². The van der Waals surface area contributed by atoms with Crippen molar-refractivity contribution in [3.8, 4) is 22.3 Å². The topological polar surface area (TPSA) is 22.0 Å². The van der Waals surface area contributed by atoms with Crippen LogP contribution in [-0.4, -0.2) is 4.57 Å². The first-order valence-corrected chi connectivity index (χ1v) is 7.53. The van der Waals surface area contributed by atoms with E-state index in [1.54, 1.807) is 24.4 Å². The molecule has 1 aromatic heterocycles. The molecule has 4 heteroatoms. The number of pyridine rings is 1. The molecule has 0 radical (unpaired) electrons. The number of aryl methyl sites for hydroxylation is 1. The Kier molecular flexibility index (Phi) is 4.06. The number of hydrogen-bond donors (Lipinski definition) is 0. The molecule has 0 spiro atoms. The first-order valence-electron chi connectivity index (χ1n) is 6.77. The zero-order valence-corrected chi connectivity index (χ0v) is 13.4. The quantitative estimate of drug-likeness (QED) is 0.646. The van der Waals surface area contributed by atoms with Crippen LogP contribution < -0.4 is 5.43 Å². The summed E-state index contributed by atoms with van der Waals surface area (Å²) in [7, 11) is 1.89. The standard InChI is InChI=1S/C18H13Cl2NO/c1-21-10-15(12-5-3-2-4-6-12)18(22)16(11-21)14-8-7-13(19)9-17(14)20/h2-11H,1H3. The maximum atomic E-state index is 12.9. The van der Waals surface area contributed by atoms with Gasteiger partial charge in [0.25, 0.3) is 0 Å². The fraction of sp³-hybridized carbons (Fsp3) is 0.0556. The Bertz CT molecular complexity index is 885. The molecule has 0 fully saturated rings. The van der Waals surface area contributed by atoms with Crippen LogP contribution in [0.2, 0.25) is 10.0 Å². The van der Waals surface area contributed by atoms with Gasteiger partial charge in [0.05, 0.1) is 5.02 Å². The lowest BCUT2D eigenvalue weighted by Gasteiger charge is -2.10. The van der Waals surface area contributed by atoms with Crippen LogP contribution in [0.15, 0.2) is 65.7 Å². The minimum Gasteiger partial charge on any atom is -0.356 e. The van der Waals surface area contributed by atoms with Gasteiger partial charge in [-0.05, 0) is 17.7 Å². The summed E-state index contributed by atoms with van der Waals surface area (Å²) in [6.07, 6.45) is 3.61.